The summed E-state index contributed by atoms with van der Waals surface area (Å²) < 4.78 is 0. The fraction of sp³-hybridized carbons (Fsp3) is 0.500. The van der Waals surface area contributed by atoms with E-state index >= 15 is 0 Å². The molecule has 4 rings (SSSR count). The first-order valence-corrected chi connectivity index (χ1v) is 9.50. The molecule has 1 unspecified atom stereocenters. The Balaban J connectivity index is 1.40. The summed E-state index contributed by atoms with van der Waals surface area (Å²) in [7, 11) is 0. The zero-order chi connectivity index (χ0) is 16.5. The molecule has 5 nitrogen and oxygen atoms in total. The van der Waals surface area contributed by atoms with Gasteiger partial charge in [0.2, 0.25) is 11.9 Å². The van der Waals surface area contributed by atoms with Crippen molar-refractivity contribution < 1.29 is 4.79 Å². The predicted octanol–water partition coefficient (Wildman–Crippen LogP) is 2.90. The van der Waals surface area contributed by atoms with Crippen LogP contribution in [0, 0.1) is 5.92 Å². The molecular weight excluding hydrogens is 320 g/mol. The monoisotopic (exact) mass is 342 g/mol. The number of thiophene rings is 1. The molecule has 0 saturated carbocycles. The molecule has 2 aromatic rings. The van der Waals surface area contributed by atoms with Crippen LogP contribution in [-0.4, -0.2) is 40.4 Å². The summed E-state index contributed by atoms with van der Waals surface area (Å²) in [4.78, 5) is 27.4. The molecule has 1 saturated heterocycles. The molecular formula is C18H22N4OS. The van der Waals surface area contributed by atoms with Gasteiger partial charge in [0.25, 0.3) is 0 Å². The van der Waals surface area contributed by atoms with E-state index < -0.39 is 0 Å². The van der Waals surface area contributed by atoms with Crippen molar-refractivity contribution in [3.8, 4) is 0 Å². The zero-order valence-electron chi connectivity index (χ0n) is 13.9. The fourth-order valence-electron chi connectivity index (χ4n) is 3.83. The van der Waals surface area contributed by atoms with Gasteiger partial charge in [0, 0.05) is 42.8 Å². The second-order valence-corrected chi connectivity index (χ2v) is 7.57. The van der Waals surface area contributed by atoms with Gasteiger partial charge in [0.1, 0.15) is 0 Å². The van der Waals surface area contributed by atoms with Gasteiger partial charge in [0.15, 0.2) is 0 Å². The SMILES string of the molecule is CC1c2ccsc2CCN1C(=O)C1CCN(c2ncccn2)CC1. The lowest BCUT2D eigenvalue weighted by Gasteiger charge is -2.38. The van der Waals surface area contributed by atoms with E-state index in [0.717, 1.165) is 44.8 Å². The third-order valence-electron chi connectivity index (χ3n) is 5.24. The second-order valence-electron chi connectivity index (χ2n) is 6.57. The average Bonchev–Trinajstić information content (AvgIpc) is 3.12. The molecule has 1 atom stereocenters. The number of fused-ring (bicyclic) bond motifs is 1. The molecule has 126 valence electrons. The van der Waals surface area contributed by atoms with Crippen molar-refractivity contribution in [3.05, 3.63) is 40.3 Å². The molecule has 6 heteroatoms. The van der Waals surface area contributed by atoms with Gasteiger partial charge in [0.05, 0.1) is 6.04 Å². The Bertz CT molecular complexity index is 709. The number of carbonyl (C=O) groups is 1. The molecule has 2 aliphatic heterocycles. The van der Waals surface area contributed by atoms with E-state index in [1.54, 1.807) is 12.4 Å². The van der Waals surface area contributed by atoms with Gasteiger partial charge < -0.3 is 9.80 Å². The van der Waals surface area contributed by atoms with Crippen LogP contribution in [0.15, 0.2) is 29.9 Å². The largest absolute Gasteiger partial charge is 0.341 e. The van der Waals surface area contributed by atoms with Crippen LogP contribution in [0.2, 0.25) is 0 Å². The van der Waals surface area contributed by atoms with Crippen LogP contribution in [-0.2, 0) is 11.2 Å². The van der Waals surface area contributed by atoms with Gasteiger partial charge in [-0.3, -0.25) is 4.79 Å². The molecule has 24 heavy (non-hydrogen) atoms. The number of piperidine rings is 1. The van der Waals surface area contributed by atoms with Crippen LogP contribution in [0.25, 0.3) is 0 Å². The third kappa shape index (κ3) is 2.79. The van der Waals surface area contributed by atoms with E-state index in [1.165, 1.54) is 10.4 Å². The highest BCUT2D eigenvalue weighted by molar-refractivity contribution is 7.10. The molecule has 0 aromatic carbocycles. The number of anilines is 1. The van der Waals surface area contributed by atoms with Gasteiger partial charge >= 0.3 is 0 Å². The summed E-state index contributed by atoms with van der Waals surface area (Å²) >= 11 is 1.82. The standard InChI is InChI=1S/C18H22N4OS/c1-13-15-6-12-24-16(15)5-11-22(13)17(23)14-3-9-21(10-4-14)18-19-7-2-8-20-18/h2,6-8,12-14H,3-5,9-11H2,1H3. The Labute approximate surface area is 146 Å². The molecule has 2 aliphatic rings. The van der Waals surface area contributed by atoms with Gasteiger partial charge in [-0.2, -0.15) is 0 Å². The summed E-state index contributed by atoms with van der Waals surface area (Å²) in [5.74, 6) is 1.23. The Morgan fingerprint density at radius 1 is 1.21 bits per heavy atom. The van der Waals surface area contributed by atoms with Crippen LogP contribution in [0.4, 0.5) is 5.95 Å². The number of nitrogens with zero attached hydrogens (tertiary/aromatic N) is 4. The lowest BCUT2D eigenvalue weighted by Crippen LogP contribution is -2.45. The molecule has 4 heterocycles. The Kier molecular flexibility index (Phi) is 4.22. The van der Waals surface area contributed by atoms with Crippen molar-refractivity contribution in [3.63, 3.8) is 0 Å². The maximum absolute atomic E-state index is 13.0. The number of carbonyl (C=O) groups excluding carboxylic acids is 1. The maximum Gasteiger partial charge on any atom is 0.226 e. The molecule has 0 spiro atoms. The summed E-state index contributed by atoms with van der Waals surface area (Å²) in [6.07, 6.45) is 6.31. The smallest absolute Gasteiger partial charge is 0.226 e. The average molecular weight is 342 g/mol. The van der Waals surface area contributed by atoms with Gasteiger partial charge in [-0.25, -0.2) is 9.97 Å². The van der Waals surface area contributed by atoms with Crippen LogP contribution in [0.5, 0.6) is 0 Å². The fourth-order valence-corrected chi connectivity index (χ4v) is 4.79. The Morgan fingerprint density at radius 2 is 1.96 bits per heavy atom. The quantitative estimate of drug-likeness (QED) is 0.842. The number of hydrogen-bond donors (Lipinski definition) is 0. The van der Waals surface area contributed by atoms with Gasteiger partial charge in [-0.15, -0.1) is 11.3 Å². The summed E-state index contributed by atoms with van der Waals surface area (Å²) in [6, 6.07) is 4.22. The number of aromatic nitrogens is 2. The van der Waals surface area contributed by atoms with Crippen LogP contribution < -0.4 is 4.90 Å². The number of amides is 1. The van der Waals surface area contributed by atoms with Crippen LogP contribution in [0.1, 0.15) is 36.2 Å². The maximum atomic E-state index is 13.0. The highest BCUT2D eigenvalue weighted by Gasteiger charge is 2.34. The molecule has 0 bridgehead atoms. The minimum Gasteiger partial charge on any atom is -0.341 e. The topological polar surface area (TPSA) is 49.3 Å². The van der Waals surface area contributed by atoms with Crippen LogP contribution in [0.3, 0.4) is 0 Å². The van der Waals surface area contributed by atoms with Gasteiger partial charge in [-0.05, 0) is 49.3 Å². The molecule has 0 radical (unpaired) electrons. The molecule has 0 N–H and O–H groups in total. The van der Waals surface area contributed by atoms with Crippen molar-refractivity contribution in [1.29, 1.82) is 0 Å². The van der Waals surface area contributed by atoms with Crippen molar-refractivity contribution in [2.45, 2.75) is 32.2 Å². The Morgan fingerprint density at radius 3 is 2.71 bits per heavy atom. The van der Waals surface area contributed by atoms with E-state index in [0.29, 0.717) is 5.91 Å². The van der Waals surface area contributed by atoms with Gasteiger partial charge in [-0.1, -0.05) is 0 Å². The summed E-state index contributed by atoms with van der Waals surface area (Å²) in [5.41, 5.74) is 1.34. The van der Waals surface area contributed by atoms with Crippen molar-refractivity contribution in [2.75, 3.05) is 24.5 Å². The lowest BCUT2D eigenvalue weighted by molar-refractivity contribution is -0.138. The highest BCUT2D eigenvalue weighted by atomic mass is 32.1. The zero-order valence-corrected chi connectivity index (χ0v) is 14.7. The number of rotatable bonds is 2. The molecule has 2 aromatic heterocycles. The first-order valence-electron chi connectivity index (χ1n) is 8.63. The lowest BCUT2D eigenvalue weighted by atomic mass is 9.92. The minimum atomic E-state index is 0.132. The highest BCUT2D eigenvalue weighted by Crippen LogP contribution is 2.35. The molecule has 1 fully saturated rings. The Hall–Kier alpha value is -1.95. The van der Waals surface area contributed by atoms with E-state index in [4.69, 9.17) is 0 Å². The first-order chi connectivity index (χ1) is 11.7. The van der Waals surface area contributed by atoms with Crippen LogP contribution >= 0.6 is 11.3 Å². The van der Waals surface area contributed by atoms with E-state index in [1.807, 2.05) is 17.4 Å². The predicted molar refractivity (Wildman–Crippen MR) is 95.1 cm³/mol. The van der Waals surface area contributed by atoms with Crippen molar-refractivity contribution in [1.82, 2.24) is 14.9 Å². The number of hydrogen-bond acceptors (Lipinski definition) is 5. The van der Waals surface area contributed by atoms with E-state index in [9.17, 15) is 4.79 Å². The van der Waals surface area contributed by atoms with E-state index in [2.05, 4.69) is 38.1 Å². The third-order valence-corrected chi connectivity index (χ3v) is 6.24. The summed E-state index contributed by atoms with van der Waals surface area (Å²) in [5, 5.41) is 2.15. The van der Waals surface area contributed by atoms with Crippen molar-refractivity contribution in [2.24, 2.45) is 5.92 Å². The van der Waals surface area contributed by atoms with Crippen molar-refractivity contribution >= 4 is 23.2 Å². The first kappa shape index (κ1) is 15.6. The minimum absolute atomic E-state index is 0.132. The summed E-state index contributed by atoms with van der Waals surface area (Å²) in [6.45, 7) is 4.73. The normalized spacial score (nSPS) is 21.6. The molecule has 0 aliphatic carbocycles. The molecule has 1 amide bonds. The second kappa shape index (κ2) is 6.51. The van der Waals surface area contributed by atoms with E-state index in [-0.39, 0.29) is 12.0 Å².